The monoisotopic (exact) mass is 1160 g/mol. The Morgan fingerprint density at radius 3 is 1.20 bits per heavy atom. The summed E-state index contributed by atoms with van der Waals surface area (Å²) in [5.74, 6) is -0.534. The molecule has 0 fully saturated rings. The van der Waals surface area contributed by atoms with Crippen LogP contribution in [0.3, 0.4) is 0 Å². The quantitative estimate of drug-likeness (QED) is 0.0205. The zero-order valence-electron chi connectivity index (χ0n) is 54.0. The zero-order chi connectivity index (χ0) is 59.3. The molecule has 9 nitrogen and oxygen atoms in total. The van der Waals surface area contributed by atoms with Crippen molar-refractivity contribution in [3.8, 4) is 0 Å². The van der Waals surface area contributed by atoms with Gasteiger partial charge in [0.15, 0.2) is 0 Å². The summed E-state index contributed by atoms with van der Waals surface area (Å²) in [7, 11) is 1.48. The number of hydrogen-bond donors (Lipinski definition) is 2. The molecule has 3 unspecified atom stereocenters. The van der Waals surface area contributed by atoms with Crippen LogP contribution in [-0.2, 0) is 27.9 Å². The SMILES string of the molecule is CC/C=C\C/C=C\C/C=C\C/C=C\C/C=C\CCCCCC(=O)OC(/C=C/CCCCCCCCCCC)C(COP(=O)(O)OCC[N+](C)(C)C)NC(=O)CCCCCCCCCCCCCCCCCCCCCCCCCCC. The number of nitrogens with one attached hydrogen (secondary N) is 1. The highest BCUT2D eigenvalue weighted by atomic mass is 31.2. The molecule has 0 aliphatic heterocycles. The topological polar surface area (TPSA) is 111 Å². The molecule has 0 heterocycles. The maximum atomic E-state index is 13.6. The molecular weight excluding hydrogens is 1020 g/mol. The third-order valence-electron chi connectivity index (χ3n) is 15.2. The predicted molar refractivity (Wildman–Crippen MR) is 351 cm³/mol. The summed E-state index contributed by atoms with van der Waals surface area (Å²) in [6.07, 6.45) is 79.2. The Morgan fingerprint density at radius 2 is 0.790 bits per heavy atom. The molecule has 0 spiro atoms. The van der Waals surface area contributed by atoms with Crippen LogP contribution in [0.5, 0.6) is 0 Å². The van der Waals surface area contributed by atoms with E-state index in [1.54, 1.807) is 0 Å². The van der Waals surface area contributed by atoms with Crippen molar-refractivity contribution in [1.82, 2.24) is 5.32 Å². The number of nitrogens with zero attached hydrogens (tertiary/aromatic N) is 1. The fourth-order valence-electron chi connectivity index (χ4n) is 9.91. The number of carbonyl (C=O) groups is 2. The second-order valence-corrected chi connectivity index (χ2v) is 25.8. The number of ether oxygens (including phenoxy) is 1. The van der Waals surface area contributed by atoms with Gasteiger partial charge in [-0.15, -0.1) is 0 Å². The highest BCUT2D eigenvalue weighted by Gasteiger charge is 2.30. The lowest BCUT2D eigenvalue weighted by Gasteiger charge is -2.27. The summed E-state index contributed by atoms with van der Waals surface area (Å²) >= 11 is 0. The Hall–Kier alpha value is -2.55. The molecule has 0 aliphatic rings. The van der Waals surface area contributed by atoms with Crippen molar-refractivity contribution in [3.05, 3.63) is 72.9 Å². The summed E-state index contributed by atoms with van der Waals surface area (Å²) < 4.78 is 30.7. The number of unbranched alkanes of at least 4 members (excludes halogenated alkanes) is 36. The normalized spacial score (nSPS) is 14.0. The Bertz CT molecular complexity index is 1620. The lowest BCUT2D eigenvalue weighted by Crippen LogP contribution is -2.47. The zero-order valence-corrected chi connectivity index (χ0v) is 54.9. The van der Waals surface area contributed by atoms with Crippen LogP contribution in [0.25, 0.3) is 0 Å². The van der Waals surface area contributed by atoms with Crippen molar-refractivity contribution >= 4 is 19.7 Å². The second kappa shape index (κ2) is 60.6. The van der Waals surface area contributed by atoms with Gasteiger partial charge >= 0.3 is 13.8 Å². The van der Waals surface area contributed by atoms with Crippen molar-refractivity contribution in [2.24, 2.45) is 0 Å². The first kappa shape index (κ1) is 78.5. The highest BCUT2D eigenvalue weighted by Crippen LogP contribution is 2.43. The van der Waals surface area contributed by atoms with Gasteiger partial charge in [0.25, 0.3) is 0 Å². The van der Waals surface area contributed by atoms with Gasteiger partial charge in [-0.1, -0.05) is 299 Å². The summed E-state index contributed by atoms with van der Waals surface area (Å²) in [6, 6.07) is -0.863. The molecule has 472 valence electrons. The van der Waals surface area contributed by atoms with Crippen molar-refractivity contribution in [2.75, 3.05) is 40.9 Å². The van der Waals surface area contributed by atoms with E-state index in [1.165, 1.54) is 186 Å². The first-order valence-electron chi connectivity index (χ1n) is 34.3. The number of phosphoric ester groups is 1. The van der Waals surface area contributed by atoms with E-state index in [2.05, 4.69) is 86.8 Å². The molecule has 2 N–H and O–H groups in total. The van der Waals surface area contributed by atoms with Crippen molar-refractivity contribution in [2.45, 2.75) is 328 Å². The maximum Gasteiger partial charge on any atom is 0.472 e. The first-order chi connectivity index (χ1) is 39.4. The lowest BCUT2D eigenvalue weighted by atomic mass is 10.0. The molecule has 0 saturated heterocycles. The molecule has 81 heavy (non-hydrogen) atoms. The lowest BCUT2D eigenvalue weighted by molar-refractivity contribution is -0.870. The van der Waals surface area contributed by atoms with Gasteiger partial charge in [-0.05, 0) is 76.7 Å². The minimum absolute atomic E-state index is 0.0338. The summed E-state index contributed by atoms with van der Waals surface area (Å²) in [6.45, 7) is 6.90. The van der Waals surface area contributed by atoms with E-state index in [0.29, 0.717) is 23.9 Å². The number of phosphoric acid groups is 1. The van der Waals surface area contributed by atoms with E-state index in [0.717, 1.165) is 89.9 Å². The largest absolute Gasteiger partial charge is 0.472 e. The molecule has 0 saturated carbocycles. The van der Waals surface area contributed by atoms with Gasteiger partial charge in [-0.3, -0.25) is 18.6 Å². The van der Waals surface area contributed by atoms with Crippen LogP contribution in [0.15, 0.2) is 72.9 Å². The Labute approximate surface area is 502 Å². The number of hydrogen-bond acceptors (Lipinski definition) is 6. The van der Waals surface area contributed by atoms with Crippen LogP contribution >= 0.6 is 7.82 Å². The number of amides is 1. The minimum atomic E-state index is -4.46. The molecule has 3 atom stereocenters. The maximum absolute atomic E-state index is 13.6. The molecular formula is C71H132N2O7P+. The Kier molecular flexibility index (Phi) is 58.7. The standard InChI is InChI=1S/C71H131N2O7P/c1-7-10-13-16-19-22-25-27-29-31-33-34-35-36-37-38-40-41-43-45-48-51-54-57-60-63-70(74)72-68(67-79-81(76,77)78-66-65-73(4,5)6)69(62-59-56-53-50-47-24-21-18-15-12-9-3)80-71(75)64-61-58-55-52-49-46-44-42-39-32-30-28-26-23-20-17-14-11-8-2/h11,14,20,23,28,30,39,42,46,49,59,62,68-69H,7-10,12-13,15-19,21-22,24-27,29,31-38,40-41,43-45,47-48,50-58,60-61,63-67H2,1-6H3,(H-,72,74,76,77)/p+1/b14-11-,23-20-,30-28-,42-39-,49-46-,62-59+. The van der Waals surface area contributed by atoms with E-state index in [4.69, 9.17) is 13.8 Å². The van der Waals surface area contributed by atoms with E-state index in [9.17, 15) is 19.0 Å². The summed E-state index contributed by atoms with van der Waals surface area (Å²) in [5, 5.41) is 3.06. The first-order valence-corrected chi connectivity index (χ1v) is 35.8. The molecule has 0 aromatic rings. The second-order valence-electron chi connectivity index (χ2n) is 24.3. The highest BCUT2D eigenvalue weighted by molar-refractivity contribution is 7.47. The fraction of sp³-hybridized carbons (Fsp3) is 0.803. The number of esters is 1. The van der Waals surface area contributed by atoms with Gasteiger partial charge in [0.05, 0.1) is 33.8 Å². The number of allylic oxidation sites excluding steroid dienone is 11. The average Bonchev–Trinajstić information content (AvgIpc) is 3.44. The van der Waals surface area contributed by atoms with Crippen LogP contribution in [0.1, 0.15) is 316 Å². The van der Waals surface area contributed by atoms with Crippen LogP contribution in [0.4, 0.5) is 0 Å². The molecule has 0 radical (unpaired) electrons. The van der Waals surface area contributed by atoms with Crippen molar-refractivity contribution < 1.29 is 37.3 Å². The van der Waals surface area contributed by atoms with E-state index in [1.807, 2.05) is 33.3 Å². The molecule has 0 bridgehead atoms. The molecule has 0 aromatic heterocycles. The van der Waals surface area contributed by atoms with Gasteiger partial charge in [0, 0.05) is 12.8 Å². The van der Waals surface area contributed by atoms with Crippen LogP contribution < -0.4 is 5.32 Å². The van der Waals surface area contributed by atoms with Gasteiger partial charge < -0.3 is 19.4 Å². The number of rotatable bonds is 62. The molecule has 0 aliphatic carbocycles. The Balaban J connectivity index is 5.08. The summed E-state index contributed by atoms with van der Waals surface area (Å²) in [5.41, 5.74) is 0. The van der Waals surface area contributed by atoms with Crippen LogP contribution in [-0.4, -0.2) is 74.3 Å². The van der Waals surface area contributed by atoms with E-state index >= 15 is 0 Å². The van der Waals surface area contributed by atoms with Gasteiger partial charge in [-0.25, -0.2) is 4.57 Å². The van der Waals surface area contributed by atoms with E-state index < -0.39 is 20.0 Å². The number of quaternary nitrogens is 1. The van der Waals surface area contributed by atoms with Gasteiger partial charge in [0.1, 0.15) is 19.3 Å². The molecule has 0 rings (SSSR count). The molecule has 1 amide bonds. The smallest absolute Gasteiger partial charge is 0.456 e. The predicted octanol–water partition coefficient (Wildman–Crippen LogP) is 21.6. The van der Waals surface area contributed by atoms with Gasteiger partial charge in [0.2, 0.25) is 5.91 Å². The van der Waals surface area contributed by atoms with Crippen LogP contribution in [0, 0.1) is 0 Å². The number of likely N-dealkylation sites (N-methyl/N-ethyl adjacent to an activating group) is 1. The summed E-state index contributed by atoms with van der Waals surface area (Å²) in [4.78, 5) is 37.8. The van der Waals surface area contributed by atoms with Crippen molar-refractivity contribution in [1.29, 1.82) is 0 Å². The minimum Gasteiger partial charge on any atom is -0.456 e. The number of carbonyl (C=O) groups excluding carboxylic acids is 2. The van der Waals surface area contributed by atoms with Crippen LogP contribution in [0.2, 0.25) is 0 Å². The third-order valence-corrected chi connectivity index (χ3v) is 16.1. The van der Waals surface area contributed by atoms with Crippen molar-refractivity contribution in [3.63, 3.8) is 0 Å². The molecule has 10 heteroatoms. The Morgan fingerprint density at radius 1 is 0.444 bits per heavy atom. The van der Waals surface area contributed by atoms with E-state index in [-0.39, 0.29) is 31.5 Å². The third kappa shape index (κ3) is 61.8. The van der Waals surface area contributed by atoms with Gasteiger partial charge in [-0.2, -0.15) is 0 Å². The molecule has 0 aromatic carbocycles. The average molecular weight is 1160 g/mol. The fourth-order valence-corrected chi connectivity index (χ4v) is 10.6.